The van der Waals surface area contributed by atoms with E-state index in [-0.39, 0.29) is 0 Å². The van der Waals surface area contributed by atoms with Gasteiger partial charge in [0.25, 0.3) is 0 Å². The summed E-state index contributed by atoms with van der Waals surface area (Å²) >= 11 is 0. The van der Waals surface area contributed by atoms with Crippen LogP contribution in [-0.4, -0.2) is 58.4 Å². The van der Waals surface area contributed by atoms with Gasteiger partial charge in [-0.1, -0.05) is 0 Å². The van der Waals surface area contributed by atoms with Crippen LogP contribution in [0.1, 0.15) is 32.1 Å². The number of unbranched alkanes of at least 4 members (excludes halogenated alkanes) is 2. The molecule has 0 amide bonds. The predicted octanol–water partition coefficient (Wildman–Crippen LogP) is 0.888. The van der Waals surface area contributed by atoms with Crippen molar-refractivity contribution in [2.75, 3.05) is 46.1 Å². The summed E-state index contributed by atoms with van der Waals surface area (Å²) in [5.41, 5.74) is 0. The largest absolute Gasteiger partial charge is 0.381 e. The minimum atomic E-state index is 0.328. The zero-order valence-electron chi connectivity index (χ0n) is 11.9. The van der Waals surface area contributed by atoms with Crippen molar-refractivity contribution in [1.82, 2.24) is 10.6 Å². The van der Waals surface area contributed by atoms with E-state index in [1.54, 1.807) is 0 Å². The van der Waals surface area contributed by atoms with Crippen LogP contribution in [-0.2, 0) is 14.2 Å². The lowest BCUT2D eigenvalue weighted by Crippen LogP contribution is -2.41. The number of nitrogens with one attached hydrogen (secondary N) is 2. The summed E-state index contributed by atoms with van der Waals surface area (Å²) in [6.45, 7) is 6.77. The van der Waals surface area contributed by atoms with Gasteiger partial charge in [-0.15, -0.1) is 0 Å². The predicted molar refractivity (Wildman–Crippen MR) is 74.3 cm³/mol. The fourth-order valence-corrected chi connectivity index (χ4v) is 1.99. The lowest BCUT2D eigenvalue weighted by Gasteiger charge is -2.27. The Kier molecular flexibility index (Phi) is 7.73. The third kappa shape index (κ3) is 7.84. The highest BCUT2D eigenvalue weighted by Crippen LogP contribution is 2.07. The van der Waals surface area contributed by atoms with E-state index in [2.05, 4.69) is 10.6 Å². The van der Waals surface area contributed by atoms with Gasteiger partial charge >= 0.3 is 0 Å². The van der Waals surface area contributed by atoms with Gasteiger partial charge in [0.2, 0.25) is 0 Å². The zero-order valence-corrected chi connectivity index (χ0v) is 11.9. The van der Waals surface area contributed by atoms with Gasteiger partial charge in [-0.2, -0.15) is 0 Å². The molecule has 0 spiro atoms. The van der Waals surface area contributed by atoms with Gasteiger partial charge < -0.3 is 19.5 Å². The molecule has 2 fully saturated rings. The molecule has 2 heterocycles. The van der Waals surface area contributed by atoms with Crippen LogP contribution in [0.25, 0.3) is 0 Å². The Morgan fingerprint density at radius 2 is 1.74 bits per heavy atom. The van der Waals surface area contributed by atoms with E-state index in [0.717, 1.165) is 65.3 Å². The fourth-order valence-electron chi connectivity index (χ4n) is 1.99. The Bertz CT molecular complexity index is 221. The van der Waals surface area contributed by atoms with E-state index < -0.39 is 0 Å². The summed E-state index contributed by atoms with van der Waals surface area (Å²) in [4.78, 5) is 0. The van der Waals surface area contributed by atoms with Gasteiger partial charge in [0, 0.05) is 26.2 Å². The second-order valence-electron chi connectivity index (χ2n) is 5.29. The molecular formula is C14H28N2O3. The molecule has 2 aliphatic heterocycles. The lowest BCUT2D eigenvalue weighted by molar-refractivity contribution is -0.0705. The first-order valence-electron chi connectivity index (χ1n) is 7.70. The van der Waals surface area contributed by atoms with Gasteiger partial charge in [0.05, 0.1) is 19.3 Å². The molecule has 0 bridgehead atoms. The summed E-state index contributed by atoms with van der Waals surface area (Å²) in [7, 11) is 0. The molecule has 2 saturated heterocycles. The number of epoxide rings is 1. The zero-order chi connectivity index (χ0) is 13.2. The molecule has 2 aliphatic rings. The highest BCUT2D eigenvalue weighted by Gasteiger charge is 2.20. The van der Waals surface area contributed by atoms with Crippen molar-refractivity contribution in [2.45, 2.75) is 44.4 Å². The average Bonchev–Trinajstić information content (AvgIpc) is 3.17. The van der Waals surface area contributed by atoms with Gasteiger partial charge in [0.1, 0.15) is 6.23 Å². The molecule has 0 saturated carbocycles. The molecule has 0 aromatic carbocycles. The van der Waals surface area contributed by atoms with E-state index >= 15 is 0 Å². The third-order valence-electron chi connectivity index (χ3n) is 3.45. The van der Waals surface area contributed by atoms with Crippen LogP contribution >= 0.6 is 0 Å². The molecule has 112 valence electrons. The summed E-state index contributed by atoms with van der Waals surface area (Å²) in [5.74, 6) is 0. The highest BCUT2D eigenvalue weighted by molar-refractivity contribution is 4.71. The number of hydrogen-bond acceptors (Lipinski definition) is 5. The molecule has 2 unspecified atom stereocenters. The molecule has 2 N–H and O–H groups in total. The first-order chi connectivity index (χ1) is 9.45. The van der Waals surface area contributed by atoms with Crippen molar-refractivity contribution in [3.8, 4) is 0 Å². The van der Waals surface area contributed by atoms with Crippen molar-refractivity contribution >= 4 is 0 Å². The first kappa shape index (κ1) is 15.2. The Hall–Kier alpha value is -0.200. The normalized spacial score (nSPS) is 25.3. The van der Waals surface area contributed by atoms with Crippen molar-refractivity contribution in [1.29, 1.82) is 0 Å². The Morgan fingerprint density at radius 1 is 1.00 bits per heavy atom. The number of ether oxygens (including phenoxy) is 3. The molecule has 0 aromatic heterocycles. The van der Waals surface area contributed by atoms with E-state index in [1.165, 1.54) is 12.8 Å². The van der Waals surface area contributed by atoms with Gasteiger partial charge in [-0.3, -0.25) is 5.32 Å². The van der Waals surface area contributed by atoms with Crippen LogP contribution in [0.4, 0.5) is 0 Å². The molecule has 2 rings (SSSR count). The molecule has 5 heteroatoms. The van der Waals surface area contributed by atoms with Gasteiger partial charge in [0.15, 0.2) is 0 Å². The van der Waals surface area contributed by atoms with Crippen molar-refractivity contribution in [3.05, 3.63) is 0 Å². The van der Waals surface area contributed by atoms with Gasteiger partial charge in [-0.25, -0.2) is 0 Å². The third-order valence-corrected chi connectivity index (χ3v) is 3.45. The monoisotopic (exact) mass is 272 g/mol. The quantitative estimate of drug-likeness (QED) is 0.385. The standard InChI is InChI=1S/C14H28N2O3/c1(6-15-11-13-12-19-13)3-8-17-9-4-2-7-16-14-5-10-18-14/h13-16H,1-12H2. The molecule has 0 radical (unpaired) electrons. The van der Waals surface area contributed by atoms with E-state index in [4.69, 9.17) is 14.2 Å². The number of hydrogen-bond donors (Lipinski definition) is 2. The van der Waals surface area contributed by atoms with Crippen LogP contribution in [0.2, 0.25) is 0 Å². The van der Waals surface area contributed by atoms with E-state index in [9.17, 15) is 0 Å². The van der Waals surface area contributed by atoms with Crippen molar-refractivity contribution in [2.24, 2.45) is 0 Å². The Labute approximate surface area is 116 Å². The van der Waals surface area contributed by atoms with Crippen LogP contribution in [0, 0.1) is 0 Å². The Morgan fingerprint density at radius 3 is 2.37 bits per heavy atom. The van der Waals surface area contributed by atoms with Crippen molar-refractivity contribution < 1.29 is 14.2 Å². The topological polar surface area (TPSA) is 55.0 Å². The maximum absolute atomic E-state index is 5.61. The van der Waals surface area contributed by atoms with Gasteiger partial charge in [-0.05, 0) is 38.8 Å². The molecular weight excluding hydrogens is 244 g/mol. The maximum Gasteiger partial charge on any atom is 0.110 e. The molecule has 19 heavy (non-hydrogen) atoms. The first-order valence-corrected chi connectivity index (χ1v) is 7.70. The second kappa shape index (κ2) is 9.66. The van der Waals surface area contributed by atoms with Crippen LogP contribution in [0.15, 0.2) is 0 Å². The van der Waals surface area contributed by atoms with Crippen LogP contribution in [0.3, 0.4) is 0 Å². The Balaban J connectivity index is 1.20. The minimum Gasteiger partial charge on any atom is -0.381 e. The highest BCUT2D eigenvalue weighted by atomic mass is 16.6. The molecule has 2 atom stereocenters. The average molecular weight is 272 g/mol. The van der Waals surface area contributed by atoms with E-state index in [1.807, 2.05) is 0 Å². The molecule has 0 aromatic rings. The summed E-state index contributed by atoms with van der Waals surface area (Å²) in [6.07, 6.45) is 6.63. The number of rotatable bonds is 13. The maximum atomic E-state index is 5.61. The lowest BCUT2D eigenvalue weighted by atomic mass is 10.2. The van der Waals surface area contributed by atoms with Crippen LogP contribution in [0.5, 0.6) is 0 Å². The summed E-state index contributed by atoms with van der Waals surface area (Å²) < 4.78 is 16.0. The summed E-state index contributed by atoms with van der Waals surface area (Å²) in [6, 6.07) is 0. The smallest absolute Gasteiger partial charge is 0.110 e. The van der Waals surface area contributed by atoms with Crippen molar-refractivity contribution in [3.63, 3.8) is 0 Å². The second-order valence-corrected chi connectivity index (χ2v) is 5.29. The SMILES string of the molecule is C(CCOCCCCNC1CCO1)CNCC1CO1. The fraction of sp³-hybridized carbons (Fsp3) is 1.00. The molecule has 0 aliphatic carbocycles. The molecule has 5 nitrogen and oxygen atoms in total. The van der Waals surface area contributed by atoms with E-state index in [0.29, 0.717) is 12.3 Å². The summed E-state index contributed by atoms with van der Waals surface area (Å²) in [5, 5.41) is 6.75. The van der Waals surface area contributed by atoms with Crippen LogP contribution < -0.4 is 10.6 Å². The minimum absolute atomic E-state index is 0.328.